The highest BCUT2D eigenvalue weighted by Gasteiger charge is 2.21. The van der Waals surface area contributed by atoms with Gasteiger partial charge in [0.1, 0.15) is 11.1 Å². The Hall–Kier alpha value is -1.68. The largest absolute Gasteiger partial charge is 0.317 e. The van der Waals surface area contributed by atoms with Crippen molar-refractivity contribution in [2.75, 3.05) is 18.9 Å². The number of carbonyl (C=O) groups is 1. The Balaban J connectivity index is 1.55. The lowest BCUT2D eigenvalue weighted by Gasteiger charge is -2.15. The molecule has 0 bridgehead atoms. The first-order valence-electron chi connectivity index (χ1n) is 8.64. The van der Waals surface area contributed by atoms with Crippen molar-refractivity contribution in [1.82, 2.24) is 4.90 Å². The van der Waals surface area contributed by atoms with E-state index in [0.717, 1.165) is 30.8 Å². The molecule has 0 aliphatic heterocycles. The van der Waals surface area contributed by atoms with Gasteiger partial charge in [-0.2, -0.15) is 5.26 Å². The Morgan fingerprint density at radius 1 is 1.40 bits per heavy atom. The van der Waals surface area contributed by atoms with E-state index in [1.54, 1.807) is 22.7 Å². The van der Waals surface area contributed by atoms with Crippen molar-refractivity contribution in [2.24, 2.45) is 0 Å². The molecule has 1 aliphatic carbocycles. The summed E-state index contributed by atoms with van der Waals surface area (Å²) in [5.74, 6) is -0.00940. The number of hydrogen-bond donors (Lipinski definition) is 1. The Kier molecular flexibility index (Phi) is 5.89. The minimum absolute atomic E-state index is 0.00940. The number of amides is 1. The maximum absolute atomic E-state index is 12.3. The molecule has 0 fully saturated rings. The van der Waals surface area contributed by atoms with Gasteiger partial charge in [0.25, 0.3) is 0 Å². The molecule has 0 radical (unpaired) electrons. The first-order chi connectivity index (χ1) is 12.1. The van der Waals surface area contributed by atoms with Crippen LogP contribution in [-0.4, -0.2) is 24.4 Å². The molecule has 4 nitrogen and oxygen atoms in total. The average molecular weight is 374 g/mol. The monoisotopic (exact) mass is 373 g/mol. The van der Waals surface area contributed by atoms with Crippen molar-refractivity contribution in [3.63, 3.8) is 0 Å². The molecule has 0 unspecified atom stereocenters. The quantitative estimate of drug-likeness (QED) is 0.820. The van der Waals surface area contributed by atoms with E-state index < -0.39 is 0 Å². The lowest BCUT2D eigenvalue weighted by molar-refractivity contribution is -0.116. The number of rotatable bonds is 6. The minimum atomic E-state index is -0.00940. The van der Waals surface area contributed by atoms with E-state index in [9.17, 15) is 10.1 Å². The Bertz CT molecular complexity index is 800. The third-order valence-corrected chi connectivity index (χ3v) is 6.85. The molecule has 2 aromatic heterocycles. The van der Waals surface area contributed by atoms with Crippen molar-refractivity contribution in [3.05, 3.63) is 37.9 Å². The lowest BCUT2D eigenvalue weighted by atomic mass is 9.96. The number of carbonyl (C=O) groups excluding carboxylic acids is 1. The van der Waals surface area contributed by atoms with Gasteiger partial charge < -0.3 is 10.2 Å². The lowest BCUT2D eigenvalue weighted by Crippen LogP contribution is -2.23. The minimum Gasteiger partial charge on any atom is -0.317 e. The highest BCUT2D eigenvalue weighted by atomic mass is 32.1. The van der Waals surface area contributed by atoms with Crippen LogP contribution in [0.25, 0.3) is 0 Å². The van der Waals surface area contributed by atoms with Crippen LogP contribution >= 0.6 is 22.7 Å². The van der Waals surface area contributed by atoms with Crippen molar-refractivity contribution >= 4 is 33.6 Å². The fraction of sp³-hybridized carbons (Fsp3) is 0.474. The van der Waals surface area contributed by atoms with Gasteiger partial charge in [0, 0.05) is 29.3 Å². The van der Waals surface area contributed by atoms with Gasteiger partial charge in [-0.3, -0.25) is 4.79 Å². The summed E-state index contributed by atoms with van der Waals surface area (Å²) in [5, 5.41) is 15.3. The summed E-state index contributed by atoms with van der Waals surface area (Å²) in [5.41, 5.74) is 3.17. The number of fused-ring (bicyclic) bond motifs is 1. The maximum Gasteiger partial charge on any atom is 0.226 e. The summed E-state index contributed by atoms with van der Waals surface area (Å²) in [4.78, 5) is 17.1. The Morgan fingerprint density at radius 3 is 2.92 bits per heavy atom. The van der Waals surface area contributed by atoms with Crippen molar-refractivity contribution < 1.29 is 4.79 Å². The molecule has 1 amide bonds. The fourth-order valence-electron chi connectivity index (χ4n) is 3.14. The van der Waals surface area contributed by atoms with E-state index in [1.165, 1.54) is 27.3 Å². The highest BCUT2D eigenvalue weighted by Crippen LogP contribution is 2.37. The van der Waals surface area contributed by atoms with Gasteiger partial charge in [0.15, 0.2) is 0 Å². The molecule has 2 aromatic rings. The summed E-state index contributed by atoms with van der Waals surface area (Å²) in [7, 11) is 2.04. The number of nitrogens with zero attached hydrogens (tertiary/aromatic N) is 2. The average Bonchev–Trinajstić information content (AvgIpc) is 3.16. The van der Waals surface area contributed by atoms with E-state index in [-0.39, 0.29) is 5.91 Å². The van der Waals surface area contributed by atoms with Crippen LogP contribution in [0.1, 0.15) is 45.7 Å². The van der Waals surface area contributed by atoms with Crippen LogP contribution in [0.2, 0.25) is 0 Å². The summed E-state index contributed by atoms with van der Waals surface area (Å²) in [6.07, 6.45) is 4.76. The van der Waals surface area contributed by atoms with Crippen LogP contribution in [0.4, 0.5) is 5.00 Å². The first kappa shape index (κ1) is 18.1. The maximum atomic E-state index is 12.3. The molecular formula is C19H23N3OS2. The van der Waals surface area contributed by atoms with Gasteiger partial charge in [-0.1, -0.05) is 0 Å². The first-order valence-corrected chi connectivity index (χ1v) is 10.3. The van der Waals surface area contributed by atoms with Crippen molar-refractivity contribution in [3.8, 4) is 6.07 Å². The molecule has 2 heterocycles. The molecule has 0 saturated carbocycles. The predicted molar refractivity (Wildman–Crippen MR) is 104 cm³/mol. The van der Waals surface area contributed by atoms with Crippen LogP contribution in [0.3, 0.4) is 0 Å². The zero-order valence-electron chi connectivity index (χ0n) is 14.7. The molecule has 132 valence electrons. The number of thiophene rings is 2. The molecule has 0 spiro atoms. The van der Waals surface area contributed by atoms with E-state index in [1.807, 2.05) is 7.05 Å². The van der Waals surface area contributed by atoms with E-state index in [0.29, 0.717) is 18.5 Å². The molecule has 1 aliphatic rings. The molecular weight excluding hydrogens is 350 g/mol. The summed E-state index contributed by atoms with van der Waals surface area (Å²) >= 11 is 3.35. The summed E-state index contributed by atoms with van der Waals surface area (Å²) in [6, 6.07) is 4.42. The van der Waals surface area contributed by atoms with E-state index in [4.69, 9.17) is 0 Å². The molecule has 0 aromatic carbocycles. The molecule has 0 saturated heterocycles. The second-order valence-electron chi connectivity index (χ2n) is 6.59. The van der Waals surface area contributed by atoms with E-state index >= 15 is 0 Å². The van der Waals surface area contributed by atoms with Gasteiger partial charge in [0.05, 0.1) is 5.56 Å². The number of anilines is 1. The second kappa shape index (κ2) is 8.13. The van der Waals surface area contributed by atoms with Crippen LogP contribution < -0.4 is 5.32 Å². The SMILES string of the molecule is Cc1ccsc1CN(C)CCC(=O)Nc1sc2c(c1C#N)CCCC2. The molecule has 6 heteroatoms. The van der Waals surface area contributed by atoms with Crippen LogP contribution in [-0.2, 0) is 24.2 Å². The Morgan fingerprint density at radius 2 is 2.20 bits per heavy atom. The summed E-state index contributed by atoms with van der Waals surface area (Å²) < 4.78 is 0. The molecule has 3 rings (SSSR count). The molecule has 0 atom stereocenters. The number of aryl methyl sites for hydroxylation is 2. The molecule has 25 heavy (non-hydrogen) atoms. The number of nitrogens with one attached hydrogen (secondary N) is 1. The summed E-state index contributed by atoms with van der Waals surface area (Å²) in [6.45, 7) is 3.69. The zero-order valence-corrected chi connectivity index (χ0v) is 16.4. The van der Waals surface area contributed by atoms with Gasteiger partial charge >= 0.3 is 0 Å². The van der Waals surface area contributed by atoms with Crippen molar-refractivity contribution in [1.29, 1.82) is 5.26 Å². The third kappa shape index (κ3) is 4.30. The standard InChI is InChI=1S/C19H23N3OS2/c1-13-8-10-24-17(13)12-22(2)9-7-18(23)21-19-15(11-20)14-5-3-4-6-16(14)25-19/h8,10H,3-7,9,12H2,1-2H3,(H,21,23). The van der Waals surface area contributed by atoms with Crippen LogP contribution in [0.5, 0.6) is 0 Å². The Labute approximate surface area is 157 Å². The predicted octanol–water partition coefficient (Wildman–Crippen LogP) is 4.33. The smallest absolute Gasteiger partial charge is 0.226 e. The van der Waals surface area contributed by atoms with Crippen molar-refractivity contribution in [2.45, 2.75) is 45.6 Å². The van der Waals surface area contributed by atoms with Gasteiger partial charge in [-0.15, -0.1) is 22.7 Å². The fourth-order valence-corrected chi connectivity index (χ4v) is 5.39. The van der Waals surface area contributed by atoms with Crippen LogP contribution in [0, 0.1) is 18.3 Å². The number of hydrogen-bond acceptors (Lipinski definition) is 5. The number of nitriles is 1. The topological polar surface area (TPSA) is 56.1 Å². The second-order valence-corrected chi connectivity index (χ2v) is 8.70. The normalized spacial score (nSPS) is 13.5. The van der Waals surface area contributed by atoms with Crippen LogP contribution in [0.15, 0.2) is 11.4 Å². The third-order valence-electron chi connectivity index (χ3n) is 4.64. The van der Waals surface area contributed by atoms with E-state index in [2.05, 4.69) is 34.7 Å². The van der Waals surface area contributed by atoms with Gasteiger partial charge in [-0.25, -0.2) is 0 Å². The van der Waals surface area contributed by atoms with Gasteiger partial charge in [-0.05, 0) is 62.2 Å². The molecule has 1 N–H and O–H groups in total. The zero-order chi connectivity index (χ0) is 17.8. The highest BCUT2D eigenvalue weighted by molar-refractivity contribution is 7.16. The van der Waals surface area contributed by atoms with Gasteiger partial charge in [0.2, 0.25) is 5.91 Å².